The van der Waals surface area contributed by atoms with Crippen molar-refractivity contribution in [2.45, 2.75) is 61.1 Å². The number of hydrogen-bond acceptors (Lipinski definition) is 5. The lowest BCUT2D eigenvalue weighted by atomic mass is 9.97. The average molecular weight is 240 g/mol. The van der Waals surface area contributed by atoms with E-state index in [-0.39, 0.29) is 11.4 Å². The Kier molecular flexibility index (Phi) is 2.85. The summed E-state index contributed by atoms with van der Waals surface area (Å²) in [5.41, 5.74) is 0. The first-order chi connectivity index (χ1) is 7.84. The summed E-state index contributed by atoms with van der Waals surface area (Å²) in [5.74, 6) is 0. The summed E-state index contributed by atoms with van der Waals surface area (Å²) in [4.78, 5) is 0. The highest BCUT2D eigenvalue weighted by atomic mass is 32.2. The standard InChI is InChI=1S/C10H16N4OS/c15-8-3-1-2-4-9(8)16-10-11-12-13-14(10)7-5-6-7/h7-9,15H,1-6H2. The largest absolute Gasteiger partial charge is 0.392 e. The third-order valence-corrected chi connectivity index (χ3v) is 4.61. The lowest BCUT2D eigenvalue weighted by molar-refractivity contribution is 0.136. The summed E-state index contributed by atoms with van der Waals surface area (Å²) >= 11 is 1.65. The highest BCUT2D eigenvalue weighted by molar-refractivity contribution is 7.99. The van der Waals surface area contributed by atoms with Gasteiger partial charge in [0.05, 0.1) is 12.1 Å². The first-order valence-electron chi connectivity index (χ1n) is 5.97. The van der Waals surface area contributed by atoms with Crippen LogP contribution in [0.15, 0.2) is 5.16 Å². The molecule has 6 heteroatoms. The first-order valence-corrected chi connectivity index (χ1v) is 6.85. The fourth-order valence-electron chi connectivity index (χ4n) is 2.16. The molecule has 5 nitrogen and oxygen atoms in total. The van der Waals surface area contributed by atoms with Gasteiger partial charge in [0.25, 0.3) is 0 Å². The molecule has 0 amide bonds. The third kappa shape index (κ3) is 2.08. The number of aliphatic hydroxyl groups excluding tert-OH is 1. The Labute approximate surface area is 98.6 Å². The molecule has 2 fully saturated rings. The van der Waals surface area contributed by atoms with Crippen molar-refractivity contribution in [1.29, 1.82) is 0 Å². The normalized spacial score (nSPS) is 30.6. The summed E-state index contributed by atoms with van der Waals surface area (Å²) in [7, 11) is 0. The Morgan fingerprint density at radius 2 is 2.00 bits per heavy atom. The number of aromatic nitrogens is 4. The molecule has 2 aliphatic rings. The van der Waals surface area contributed by atoms with Crippen LogP contribution in [0.1, 0.15) is 44.6 Å². The number of rotatable bonds is 3. The molecule has 0 saturated heterocycles. The molecule has 1 heterocycles. The highest BCUT2D eigenvalue weighted by Crippen LogP contribution is 2.39. The monoisotopic (exact) mass is 240 g/mol. The van der Waals surface area contributed by atoms with Crippen molar-refractivity contribution in [3.05, 3.63) is 0 Å². The molecule has 2 aliphatic carbocycles. The Morgan fingerprint density at radius 1 is 1.19 bits per heavy atom. The fourth-order valence-corrected chi connectivity index (χ4v) is 3.39. The van der Waals surface area contributed by atoms with E-state index in [1.165, 1.54) is 19.3 Å². The summed E-state index contributed by atoms with van der Waals surface area (Å²) in [6, 6.07) is 0.512. The summed E-state index contributed by atoms with van der Waals surface area (Å²) < 4.78 is 1.92. The van der Waals surface area contributed by atoms with Gasteiger partial charge in [0.15, 0.2) is 0 Å². The molecule has 2 atom stereocenters. The van der Waals surface area contributed by atoms with Gasteiger partial charge < -0.3 is 5.11 Å². The average Bonchev–Trinajstić information content (AvgIpc) is 3.03. The number of tetrazole rings is 1. The van der Waals surface area contributed by atoms with Crippen LogP contribution in [0.5, 0.6) is 0 Å². The lowest BCUT2D eigenvalue weighted by Crippen LogP contribution is -2.27. The molecule has 1 aromatic heterocycles. The lowest BCUT2D eigenvalue weighted by Gasteiger charge is -2.26. The van der Waals surface area contributed by atoms with Crippen molar-refractivity contribution < 1.29 is 5.11 Å². The Bertz CT molecular complexity index is 365. The smallest absolute Gasteiger partial charge is 0.209 e. The zero-order chi connectivity index (χ0) is 11.0. The first kappa shape index (κ1) is 10.5. The predicted molar refractivity (Wildman–Crippen MR) is 60.2 cm³/mol. The van der Waals surface area contributed by atoms with Gasteiger partial charge in [-0.1, -0.05) is 24.6 Å². The van der Waals surface area contributed by atoms with Crippen LogP contribution in [0.2, 0.25) is 0 Å². The van der Waals surface area contributed by atoms with E-state index in [2.05, 4.69) is 15.5 Å². The van der Waals surface area contributed by atoms with Crippen LogP contribution in [0.25, 0.3) is 0 Å². The second-order valence-corrected chi connectivity index (χ2v) is 5.85. The van der Waals surface area contributed by atoms with Gasteiger partial charge in [-0.25, -0.2) is 4.68 Å². The van der Waals surface area contributed by atoms with Crippen LogP contribution in [-0.2, 0) is 0 Å². The van der Waals surface area contributed by atoms with Crippen molar-refractivity contribution in [1.82, 2.24) is 20.2 Å². The van der Waals surface area contributed by atoms with E-state index in [4.69, 9.17) is 0 Å². The number of nitrogens with zero attached hydrogens (tertiary/aromatic N) is 4. The summed E-state index contributed by atoms with van der Waals surface area (Å²) in [6.07, 6.45) is 6.53. The molecule has 0 bridgehead atoms. The molecule has 88 valence electrons. The molecule has 2 saturated carbocycles. The quantitative estimate of drug-likeness (QED) is 0.865. The van der Waals surface area contributed by atoms with Crippen LogP contribution in [0.4, 0.5) is 0 Å². The zero-order valence-electron chi connectivity index (χ0n) is 9.12. The zero-order valence-corrected chi connectivity index (χ0v) is 9.94. The van der Waals surface area contributed by atoms with Crippen LogP contribution in [0, 0.1) is 0 Å². The van der Waals surface area contributed by atoms with E-state index in [9.17, 15) is 5.11 Å². The molecule has 0 aliphatic heterocycles. The van der Waals surface area contributed by atoms with Gasteiger partial charge in [-0.15, -0.1) is 5.10 Å². The van der Waals surface area contributed by atoms with E-state index in [1.807, 2.05) is 4.68 Å². The van der Waals surface area contributed by atoms with Gasteiger partial charge >= 0.3 is 0 Å². The van der Waals surface area contributed by atoms with Crippen LogP contribution in [-0.4, -0.2) is 36.7 Å². The number of thioether (sulfide) groups is 1. The molecular formula is C10H16N4OS. The second-order valence-electron chi connectivity index (χ2n) is 4.65. The van der Waals surface area contributed by atoms with E-state index >= 15 is 0 Å². The SMILES string of the molecule is OC1CCCCC1Sc1nnnn1C1CC1. The van der Waals surface area contributed by atoms with Gasteiger partial charge in [-0.05, 0) is 36.1 Å². The molecule has 1 aromatic rings. The molecule has 0 radical (unpaired) electrons. The van der Waals surface area contributed by atoms with E-state index < -0.39 is 0 Å². The molecule has 0 aromatic carbocycles. The molecule has 16 heavy (non-hydrogen) atoms. The fraction of sp³-hybridized carbons (Fsp3) is 0.900. The van der Waals surface area contributed by atoms with Crippen LogP contribution in [0.3, 0.4) is 0 Å². The predicted octanol–water partition coefficient (Wildman–Crippen LogP) is 1.40. The van der Waals surface area contributed by atoms with Gasteiger partial charge in [-0.2, -0.15) is 0 Å². The van der Waals surface area contributed by atoms with E-state index in [1.54, 1.807) is 11.8 Å². The van der Waals surface area contributed by atoms with Gasteiger partial charge in [0.2, 0.25) is 5.16 Å². The highest BCUT2D eigenvalue weighted by Gasteiger charge is 2.31. The minimum Gasteiger partial charge on any atom is -0.392 e. The maximum Gasteiger partial charge on any atom is 0.209 e. The van der Waals surface area contributed by atoms with Gasteiger partial charge in [0, 0.05) is 5.25 Å². The van der Waals surface area contributed by atoms with E-state index in [0.717, 1.165) is 24.4 Å². The van der Waals surface area contributed by atoms with Crippen molar-refractivity contribution in [2.75, 3.05) is 0 Å². The van der Waals surface area contributed by atoms with Crippen LogP contribution >= 0.6 is 11.8 Å². The van der Waals surface area contributed by atoms with Crippen molar-refractivity contribution >= 4 is 11.8 Å². The topological polar surface area (TPSA) is 63.8 Å². The Balaban J connectivity index is 1.70. The maximum absolute atomic E-state index is 9.91. The molecular weight excluding hydrogens is 224 g/mol. The van der Waals surface area contributed by atoms with Gasteiger partial charge in [0.1, 0.15) is 0 Å². The number of hydrogen-bond donors (Lipinski definition) is 1. The Hall–Kier alpha value is -0.620. The minimum atomic E-state index is -0.192. The molecule has 1 N–H and O–H groups in total. The van der Waals surface area contributed by atoms with Crippen molar-refractivity contribution in [2.24, 2.45) is 0 Å². The van der Waals surface area contributed by atoms with Crippen molar-refractivity contribution in [3.63, 3.8) is 0 Å². The minimum absolute atomic E-state index is 0.192. The molecule has 0 spiro atoms. The van der Waals surface area contributed by atoms with Crippen molar-refractivity contribution in [3.8, 4) is 0 Å². The number of aliphatic hydroxyl groups is 1. The summed E-state index contributed by atoms with van der Waals surface area (Å²) in [6.45, 7) is 0. The molecule has 3 rings (SSSR count). The maximum atomic E-state index is 9.91. The van der Waals surface area contributed by atoms with Crippen LogP contribution < -0.4 is 0 Å². The summed E-state index contributed by atoms with van der Waals surface area (Å²) in [5, 5.41) is 22.9. The molecule has 2 unspecified atom stereocenters. The van der Waals surface area contributed by atoms with Gasteiger partial charge in [-0.3, -0.25) is 0 Å². The third-order valence-electron chi connectivity index (χ3n) is 3.28. The van der Waals surface area contributed by atoms with E-state index in [0.29, 0.717) is 6.04 Å². The Morgan fingerprint density at radius 3 is 2.75 bits per heavy atom. The second kappa shape index (κ2) is 4.33.